The molecule has 0 aliphatic carbocycles. The minimum absolute atomic E-state index is 0.0602. The lowest BCUT2D eigenvalue weighted by atomic mass is 10.1. The summed E-state index contributed by atoms with van der Waals surface area (Å²) >= 11 is 0. The van der Waals surface area contributed by atoms with Crippen LogP contribution in [0.15, 0.2) is 0 Å². The Balaban J connectivity index is 3.37. The SMILES string of the molecule is CCOC(=O)CCCCCCCC(=O)CC(=O)OCC. The van der Waals surface area contributed by atoms with Crippen molar-refractivity contribution in [3.05, 3.63) is 0 Å². The third-order valence-electron chi connectivity index (χ3n) is 2.79. The maximum Gasteiger partial charge on any atom is 0.313 e. The maximum absolute atomic E-state index is 11.4. The molecule has 0 unspecified atom stereocenters. The second-order valence-corrected chi connectivity index (χ2v) is 4.59. The van der Waals surface area contributed by atoms with Gasteiger partial charge >= 0.3 is 11.9 Å². The number of hydrogen-bond acceptors (Lipinski definition) is 5. The Morgan fingerprint density at radius 2 is 1.20 bits per heavy atom. The molecular formula is C15H26O5. The van der Waals surface area contributed by atoms with E-state index in [4.69, 9.17) is 9.47 Å². The molecule has 0 aromatic rings. The number of Topliss-reactive ketones (excluding diaryl/α,β-unsaturated/α-hetero) is 1. The third kappa shape index (κ3) is 11.7. The van der Waals surface area contributed by atoms with Crippen LogP contribution in [0.4, 0.5) is 0 Å². The van der Waals surface area contributed by atoms with E-state index in [1.54, 1.807) is 13.8 Å². The number of ether oxygens (including phenoxy) is 2. The van der Waals surface area contributed by atoms with Crippen LogP contribution in [0.1, 0.15) is 65.2 Å². The first kappa shape index (κ1) is 18.6. The summed E-state index contributed by atoms with van der Waals surface area (Å²) in [6.07, 6.45) is 5.30. The zero-order chi connectivity index (χ0) is 15.2. The summed E-state index contributed by atoms with van der Waals surface area (Å²) in [6.45, 7) is 4.26. The third-order valence-corrected chi connectivity index (χ3v) is 2.79. The van der Waals surface area contributed by atoms with E-state index in [9.17, 15) is 14.4 Å². The average molecular weight is 286 g/mol. The predicted octanol–water partition coefficient (Wildman–Crippen LogP) is 2.80. The molecule has 0 saturated carbocycles. The van der Waals surface area contributed by atoms with Gasteiger partial charge in [0.2, 0.25) is 0 Å². The van der Waals surface area contributed by atoms with Crippen LogP contribution in [0, 0.1) is 0 Å². The highest BCUT2D eigenvalue weighted by Gasteiger charge is 2.09. The first-order chi connectivity index (χ1) is 9.60. The van der Waals surface area contributed by atoms with Crippen molar-refractivity contribution in [3.8, 4) is 0 Å². The molecule has 0 bridgehead atoms. The largest absolute Gasteiger partial charge is 0.466 e. The topological polar surface area (TPSA) is 69.7 Å². The van der Waals surface area contributed by atoms with Crippen LogP contribution in [-0.2, 0) is 23.9 Å². The van der Waals surface area contributed by atoms with E-state index in [1.165, 1.54) is 0 Å². The summed E-state index contributed by atoms with van der Waals surface area (Å²) in [6, 6.07) is 0. The fraction of sp³-hybridized carbons (Fsp3) is 0.800. The van der Waals surface area contributed by atoms with E-state index in [-0.39, 0.29) is 18.2 Å². The molecule has 20 heavy (non-hydrogen) atoms. The van der Waals surface area contributed by atoms with Crippen molar-refractivity contribution in [2.75, 3.05) is 13.2 Å². The molecule has 0 spiro atoms. The van der Waals surface area contributed by atoms with Crippen molar-refractivity contribution in [2.24, 2.45) is 0 Å². The van der Waals surface area contributed by atoms with Crippen LogP contribution in [0.5, 0.6) is 0 Å². The van der Waals surface area contributed by atoms with Crippen molar-refractivity contribution >= 4 is 17.7 Å². The number of hydrogen-bond donors (Lipinski definition) is 0. The number of rotatable bonds is 12. The number of carbonyl (C=O) groups excluding carboxylic acids is 3. The Kier molecular flexibility index (Phi) is 11.8. The van der Waals surface area contributed by atoms with Crippen molar-refractivity contribution in [1.29, 1.82) is 0 Å². The van der Waals surface area contributed by atoms with E-state index in [0.717, 1.165) is 32.1 Å². The molecule has 0 aliphatic rings. The van der Waals surface area contributed by atoms with Gasteiger partial charge in [-0.15, -0.1) is 0 Å². The summed E-state index contributed by atoms with van der Waals surface area (Å²) in [5.41, 5.74) is 0. The van der Waals surface area contributed by atoms with Gasteiger partial charge in [-0.1, -0.05) is 19.3 Å². The summed E-state index contributed by atoms with van der Waals surface area (Å²) in [4.78, 5) is 33.5. The van der Waals surface area contributed by atoms with E-state index in [1.807, 2.05) is 0 Å². The molecule has 0 fully saturated rings. The zero-order valence-corrected chi connectivity index (χ0v) is 12.6. The van der Waals surface area contributed by atoms with Gasteiger partial charge < -0.3 is 9.47 Å². The van der Waals surface area contributed by atoms with Gasteiger partial charge in [-0.05, 0) is 26.7 Å². The standard InChI is InChI=1S/C15H26O5/c1-3-19-14(17)11-9-7-5-6-8-10-13(16)12-15(18)20-4-2/h3-12H2,1-2H3. The van der Waals surface area contributed by atoms with Crippen LogP contribution < -0.4 is 0 Å². The molecule has 0 aromatic carbocycles. The van der Waals surface area contributed by atoms with Gasteiger partial charge in [-0.2, -0.15) is 0 Å². The van der Waals surface area contributed by atoms with Crippen LogP contribution in [0.2, 0.25) is 0 Å². The van der Waals surface area contributed by atoms with E-state index >= 15 is 0 Å². The molecule has 0 aliphatic heterocycles. The lowest BCUT2D eigenvalue weighted by Crippen LogP contribution is -2.10. The number of ketones is 1. The number of carbonyl (C=O) groups is 3. The molecule has 0 N–H and O–H groups in total. The highest BCUT2D eigenvalue weighted by Crippen LogP contribution is 2.09. The Bertz CT molecular complexity index is 299. The second-order valence-electron chi connectivity index (χ2n) is 4.59. The highest BCUT2D eigenvalue weighted by atomic mass is 16.5. The minimum Gasteiger partial charge on any atom is -0.466 e. The zero-order valence-electron chi connectivity index (χ0n) is 12.6. The molecule has 0 aromatic heterocycles. The molecule has 0 rings (SSSR count). The van der Waals surface area contributed by atoms with Crippen LogP contribution in [0.3, 0.4) is 0 Å². The molecule has 0 saturated heterocycles. The number of esters is 2. The molecule has 116 valence electrons. The van der Waals surface area contributed by atoms with Crippen LogP contribution in [-0.4, -0.2) is 30.9 Å². The van der Waals surface area contributed by atoms with E-state index in [0.29, 0.717) is 26.1 Å². The Hall–Kier alpha value is -1.39. The minimum atomic E-state index is -0.438. The first-order valence-corrected chi connectivity index (χ1v) is 7.43. The summed E-state index contributed by atoms with van der Waals surface area (Å²) in [7, 11) is 0. The number of unbranched alkanes of at least 4 members (excludes halogenated alkanes) is 4. The van der Waals surface area contributed by atoms with Crippen molar-refractivity contribution in [1.82, 2.24) is 0 Å². The van der Waals surface area contributed by atoms with E-state index in [2.05, 4.69) is 0 Å². The Morgan fingerprint density at radius 1 is 0.700 bits per heavy atom. The quantitative estimate of drug-likeness (QED) is 0.313. The molecule has 0 heterocycles. The van der Waals surface area contributed by atoms with Gasteiger partial charge in [0.15, 0.2) is 0 Å². The molecule has 5 nitrogen and oxygen atoms in total. The summed E-state index contributed by atoms with van der Waals surface area (Å²) in [5.74, 6) is -0.640. The Labute approximate surface area is 121 Å². The lowest BCUT2D eigenvalue weighted by molar-refractivity contribution is -0.146. The molecular weight excluding hydrogens is 260 g/mol. The van der Waals surface area contributed by atoms with Gasteiger partial charge in [0, 0.05) is 12.8 Å². The highest BCUT2D eigenvalue weighted by molar-refractivity contribution is 5.95. The summed E-state index contributed by atoms with van der Waals surface area (Å²) < 4.78 is 9.54. The maximum atomic E-state index is 11.4. The van der Waals surface area contributed by atoms with Crippen molar-refractivity contribution < 1.29 is 23.9 Å². The van der Waals surface area contributed by atoms with Gasteiger partial charge in [-0.25, -0.2) is 0 Å². The molecule has 0 radical (unpaired) electrons. The van der Waals surface area contributed by atoms with Gasteiger partial charge in [0.25, 0.3) is 0 Å². The van der Waals surface area contributed by atoms with Crippen LogP contribution >= 0.6 is 0 Å². The van der Waals surface area contributed by atoms with Crippen molar-refractivity contribution in [3.63, 3.8) is 0 Å². The van der Waals surface area contributed by atoms with Crippen LogP contribution in [0.25, 0.3) is 0 Å². The monoisotopic (exact) mass is 286 g/mol. The van der Waals surface area contributed by atoms with Gasteiger partial charge in [-0.3, -0.25) is 14.4 Å². The Morgan fingerprint density at radius 3 is 1.80 bits per heavy atom. The normalized spacial score (nSPS) is 10.1. The van der Waals surface area contributed by atoms with Crippen molar-refractivity contribution in [2.45, 2.75) is 65.2 Å². The van der Waals surface area contributed by atoms with E-state index < -0.39 is 5.97 Å². The first-order valence-electron chi connectivity index (χ1n) is 7.43. The lowest BCUT2D eigenvalue weighted by Gasteiger charge is -2.03. The molecule has 0 atom stereocenters. The smallest absolute Gasteiger partial charge is 0.313 e. The summed E-state index contributed by atoms with van der Waals surface area (Å²) in [5, 5.41) is 0. The fourth-order valence-electron chi connectivity index (χ4n) is 1.82. The van der Waals surface area contributed by atoms with Gasteiger partial charge in [0.05, 0.1) is 13.2 Å². The second kappa shape index (κ2) is 12.6. The van der Waals surface area contributed by atoms with Gasteiger partial charge in [0.1, 0.15) is 12.2 Å². The molecule has 0 amide bonds. The fourth-order valence-corrected chi connectivity index (χ4v) is 1.82. The predicted molar refractivity (Wildman–Crippen MR) is 75.2 cm³/mol. The average Bonchev–Trinajstić information content (AvgIpc) is 2.38. The molecule has 5 heteroatoms.